The summed E-state index contributed by atoms with van der Waals surface area (Å²) in [6.45, 7) is 0. The van der Waals surface area contributed by atoms with Gasteiger partial charge < -0.3 is 19.3 Å². The first-order valence-electron chi connectivity index (χ1n) is 15.4. The maximum atomic E-state index is 10.3. The molecule has 6 aromatic carbocycles. The summed E-state index contributed by atoms with van der Waals surface area (Å²) in [4.78, 5) is 4.16. The minimum atomic E-state index is 0.446. The average Bonchev–Trinajstić information content (AvgIpc) is 3.16. The zero-order valence-corrected chi connectivity index (χ0v) is 26.6. The van der Waals surface area contributed by atoms with Crippen LogP contribution in [-0.4, -0.2) is 14.2 Å². The average molecular weight is 625 g/mol. The van der Waals surface area contributed by atoms with Crippen LogP contribution in [0.3, 0.4) is 0 Å². The molecular formula is C42H32N4O2. The van der Waals surface area contributed by atoms with Gasteiger partial charge in [-0.1, -0.05) is 60.7 Å². The predicted octanol–water partition coefficient (Wildman–Crippen LogP) is 10.6. The summed E-state index contributed by atoms with van der Waals surface area (Å²) in [5.41, 5.74) is 7.88. The van der Waals surface area contributed by atoms with Crippen molar-refractivity contribution in [1.29, 1.82) is 10.5 Å². The van der Waals surface area contributed by atoms with Crippen molar-refractivity contribution in [3.63, 3.8) is 0 Å². The zero-order valence-electron chi connectivity index (χ0n) is 26.6. The molecular weight excluding hydrogens is 592 g/mol. The summed E-state index contributed by atoms with van der Waals surface area (Å²) in [5.74, 6) is 1.53. The SMILES string of the molecule is COc1ccc(N(c2ccccc2)c2ccc(/C=C/c3cc(C#N)c(N(c4ccccc4)c4ccc(OC)cc4)cc3C#N)cc2)cc1. The van der Waals surface area contributed by atoms with Crippen molar-refractivity contribution in [1.82, 2.24) is 0 Å². The number of nitrogens with zero attached hydrogens (tertiary/aromatic N) is 4. The lowest BCUT2D eigenvalue weighted by molar-refractivity contribution is 0.414. The van der Waals surface area contributed by atoms with E-state index < -0.39 is 0 Å². The first-order valence-corrected chi connectivity index (χ1v) is 15.4. The molecule has 0 aromatic heterocycles. The fraction of sp³-hybridized carbons (Fsp3) is 0.0476. The number of methoxy groups -OCH3 is 2. The molecule has 0 saturated carbocycles. The molecule has 0 unspecified atom stereocenters. The number of ether oxygens (including phenoxy) is 2. The van der Waals surface area contributed by atoms with E-state index in [1.807, 2.05) is 126 Å². The number of nitriles is 2. The molecule has 0 saturated heterocycles. The number of hydrogen-bond acceptors (Lipinski definition) is 6. The molecule has 0 spiro atoms. The van der Waals surface area contributed by atoms with Gasteiger partial charge in [0.25, 0.3) is 0 Å². The van der Waals surface area contributed by atoms with Crippen LogP contribution in [0.4, 0.5) is 34.1 Å². The van der Waals surface area contributed by atoms with Gasteiger partial charge in [-0.3, -0.25) is 0 Å². The molecule has 6 aromatic rings. The lowest BCUT2D eigenvalue weighted by Crippen LogP contribution is -2.12. The lowest BCUT2D eigenvalue weighted by atomic mass is 10.00. The fourth-order valence-electron chi connectivity index (χ4n) is 5.53. The third kappa shape index (κ3) is 6.74. The predicted molar refractivity (Wildman–Crippen MR) is 194 cm³/mol. The second kappa shape index (κ2) is 14.6. The normalized spacial score (nSPS) is 10.6. The van der Waals surface area contributed by atoms with Crippen molar-refractivity contribution in [2.45, 2.75) is 0 Å². The van der Waals surface area contributed by atoms with Crippen LogP contribution in [0, 0.1) is 22.7 Å². The zero-order chi connectivity index (χ0) is 33.3. The van der Waals surface area contributed by atoms with E-state index in [-0.39, 0.29) is 0 Å². The summed E-state index contributed by atoms with van der Waals surface area (Å²) >= 11 is 0. The maximum Gasteiger partial charge on any atom is 0.119 e. The molecule has 232 valence electrons. The van der Waals surface area contributed by atoms with Gasteiger partial charge in [0.05, 0.1) is 37.1 Å². The van der Waals surface area contributed by atoms with E-state index in [1.165, 1.54) is 0 Å². The van der Waals surface area contributed by atoms with Crippen LogP contribution >= 0.6 is 0 Å². The minimum Gasteiger partial charge on any atom is -0.497 e. The summed E-state index contributed by atoms with van der Waals surface area (Å²) in [6.07, 6.45) is 3.84. The second-order valence-corrected chi connectivity index (χ2v) is 10.8. The van der Waals surface area contributed by atoms with Crippen LogP contribution in [0.15, 0.2) is 146 Å². The molecule has 48 heavy (non-hydrogen) atoms. The van der Waals surface area contributed by atoms with E-state index >= 15 is 0 Å². The Bertz CT molecular complexity index is 2100. The number of benzene rings is 6. The molecule has 0 atom stereocenters. The highest BCUT2D eigenvalue weighted by Crippen LogP contribution is 2.39. The Hall–Kier alpha value is -6.76. The Morgan fingerprint density at radius 1 is 0.479 bits per heavy atom. The van der Waals surface area contributed by atoms with E-state index in [0.717, 1.165) is 45.5 Å². The van der Waals surface area contributed by atoms with Crippen molar-refractivity contribution in [2.24, 2.45) is 0 Å². The summed E-state index contributed by atoms with van der Waals surface area (Å²) < 4.78 is 10.7. The lowest BCUT2D eigenvalue weighted by Gasteiger charge is -2.27. The Balaban J connectivity index is 1.33. The third-order valence-electron chi connectivity index (χ3n) is 7.95. The fourth-order valence-corrected chi connectivity index (χ4v) is 5.53. The van der Waals surface area contributed by atoms with E-state index in [4.69, 9.17) is 9.47 Å². The van der Waals surface area contributed by atoms with Crippen LogP contribution in [0.1, 0.15) is 22.3 Å². The molecule has 0 amide bonds. The van der Waals surface area contributed by atoms with Crippen LogP contribution < -0.4 is 19.3 Å². The van der Waals surface area contributed by atoms with Crippen molar-refractivity contribution < 1.29 is 9.47 Å². The molecule has 0 fully saturated rings. The van der Waals surface area contributed by atoms with Gasteiger partial charge in [0, 0.05) is 28.4 Å². The van der Waals surface area contributed by atoms with Gasteiger partial charge in [-0.2, -0.15) is 10.5 Å². The molecule has 0 aliphatic rings. The first-order chi connectivity index (χ1) is 23.6. The van der Waals surface area contributed by atoms with Gasteiger partial charge in [0.2, 0.25) is 0 Å². The molecule has 0 bridgehead atoms. The van der Waals surface area contributed by atoms with E-state index in [2.05, 4.69) is 41.3 Å². The van der Waals surface area contributed by atoms with Gasteiger partial charge in [-0.05, 0) is 108 Å². The summed E-state index contributed by atoms with van der Waals surface area (Å²) in [7, 11) is 3.28. The van der Waals surface area contributed by atoms with Crippen molar-refractivity contribution in [3.8, 4) is 23.6 Å². The third-order valence-corrected chi connectivity index (χ3v) is 7.95. The summed E-state index contributed by atoms with van der Waals surface area (Å²) in [5, 5.41) is 20.5. The smallest absolute Gasteiger partial charge is 0.119 e. The van der Waals surface area contributed by atoms with Crippen LogP contribution in [0.5, 0.6) is 11.5 Å². The van der Waals surface area contributed by atoms with Crippen molar-refractivity contribution in [2.75, 3.05) is 24.0 Å². The number of hydrogen-bond donors (Lipinski definition) is 0. The largest absolute Gasteiger partial charge is 0.497 e. The van der Waals surface area contributed by atoms with E-state index in [9.17, 15) is 10.5 Å². The monoisotopic (exact) mass is 624 g/mol. The highest BCUT2D eigenvalue weighted by atomic mass is 16.5. The van der Waals surface area contributed by atoms with Crippen LogP contribution in [-0.2, 0) is 0 Å². The van der Waals surface area contributed by atoms with Crippen molar-refractivity contribution in [3.05, 3.63) is 168 Å². The molecule has 0 heterocycles. The van der Waals surface area contributed by atoms with Gasteiger partial charge in [0.15, 0.2) is 0 Å². The Morgan fingerprint density at radius 3 is 1.40 bits per heavy atom. The molecule has 0 N–H and O–H groups in total. The number of rotatable bonds is 10. The molecule has 0 aliphatic carbocycles. The Morgan fingerprint density at radius 2 is 0.917 bits per heavy atom. The molecule has 0 aliphatic heterocycles. The van der Waals surface area contributed by atoms with Crippen LogP contribution in [0.25, 0.3) is 12.2 Å². The van der Waals surface area contributed by atoms with Gasteiger partial charge in [-0.15, -0.1) is 0 Å². The maximum absolute atomic E-state index is 10.3. The molecule has 6 rings (SSSR count). The highest BCUT2D eigenvalue weighted by molar-refractivity contribution is 5.84. The molecule has 6 nitrogen and oxygen atoms in total. The minimum absolute atomic E-state index is 0.446. The second-order valence-electron chi connectivity index (χ2n) is 10.8. The number of para-hydroxylation sites is 2. The van der Waals surface area contributed by atoms with Gasteiger partial charge in [-0.25, -0.2) is 0 Å². The first kappa shape index (κ1) is 31.2. The Labute approximate surface area is 281 Å². The quantitative estimate of drug-likeness (QED) is 0.141. The Kier molecular flexibility index (Phi) is 9.47. The summed E-state index contributed by atoms with van der Waals surface area (Å²) in [6, 6.07) is 52.1. The van der Waals surface area contributed by atoms with Gasteiger partial charge in [0.1, 0.15) is 17.6 Å². The van der Waals surface area contributed by atoms with E-state index in [1.54, 1.807) is 26.4 Å². The van der Waals surface area contributed by atoms with E-state index in [0.29, 0.717) is 22.4 Å². The topological polar surface area (TPSA) is 72.5 Å². The van der Waals surface area contributed by atoms with Crippen molar-refractivity contribution >= 4 is 46.3 Å². The molecule has 6 heteroatoms. The standard InChI is InChI=1S/C42H32N4O2/c1-47-40-23-19-38(20-24-40)45(35-9-5-3-6-10-35)37-17-14-31(15-18-37)13-16-32-27-34(30-44)42(28-33(32)29-43)46(36-11-7-4-8-12-36)39-21-25-41(48-2)26-22-39/h3-28H,1-2H3/b16-13+. The highest BCUT2D eigenvalue weighted by Gasteiger charge is 2.19. The van der Waals surface area contributed by atoms with Crippen LogP contribution in [0.2, 0.25) is 0 Å². The molecule has 0 radical (unpaired) electrons. The van der Waals surface area contributed by atoms with Gasteiger partial charge >= 0.3 is 0 Å². The number of anilines is 6.